The van der Waals surface area contributed by atoms with Gasteiger partial charge in [0, 0.05) is 6.42 Å². The van der Waals surface area contributed by atoms with Gasteiger partial charge in [0.2, 0.25) is 0 Å². The number of hydrogen-bond acceptors (Lipinski definition) is 5. The van der Waals surface area contributed by atoms with Crippen LogP contribution in [0, 0.1) is 13.8 Å². The van der Waals surface area contributed by atoms with Gasteiger partial charge in [-0.05, 0) is 36.6 Å². The van der Waals surface area contributed by atoms with Crippen molar-refractivity contribution in [3.8, 4) is 5.75 Å². The summed E-state index contributed by atoms with van der Waals surface area (Å²) in [5.74, 6) is 1.39. The fourth-order valence-corrected chi connectivity index (χ4v) is 1.99. The number of carbonyl (C=O) groups is 1. The lowest BCUT2D eigenvalue weighted by atomic mass is 10.1. The minimum absolute atomic E-state index is 0.501. The molecule has 1 unspecified atom stereocenters. The second-order valence-electron chi connectivity index (χ2n) is 4.75. The summed E-state index contributed by atoms with van der Waals surface area (Å²) in [4.78, 5) is 12.6. The molecule has 106 valence electrons. The number of aromatic nitrogens is 4. The van der Waals surface area contributed by atoms with E-state index in [4.69, 9.17) is 4.74 Å². The Morgan fingerprint density at radius 1 is 1.35 bits per heavy atom. The molecule has 0 fully saturated rings. The first-order chi connectivity index (χ1) is 9.60. The zero-order valence-corrected chi connectivity index (χ0v) is 11.9. The van der Waals surface area contributed by atoms with Crippen LogP contribution < -0.4 is 4.74 Å². The first-order valence-corrected chi connectivity index (χ1v) is 6.51. The Morgan fingerprint density at radius 2 is 2.05 bits per heavy atom. The molecule has 0 radical (unpaired) electrons. The lowest BCUT2D eigenvalue weighted by molar-refractivity contribution is -0.113. The van der Waals surface area contributed by atoms with Gasteiger partial charge >= 0.3 is 0 Å². The van der Waals surface area contributed by atoms with Crippen molar-refractivity contribution in [2.75, 3.05) is 0 Å². The second kappa shape index (κ2) is 6.27. The molecule has 6 heteroatoms. The zero-order chi connectivity index (χ0) is 14.5. The highest BCUT2D eigenvalue weighted by atomic mass is 16.5. The van der Waals surface area contributed by atoms with E-state index >= 15 is 0 Å². The highest BCUT2D eigenvalue weighted by Gasteiger charge is 2.14. The molecule has 1 atom stereocenters. The summed E-state index contributed by atoms with van der Waals surface area (Å²) in [6, 6.07) is 5.90. The quantitative estimate of drug-likeness (QED) is 0.745. The minimum Gasteiger partial charge on any atom is -0.482 e. The summed E-state index contributed by atoms with van der Waals surface area (Å²) in [6.45, 7) is 3.93. The molecule has 0 N–H and O–H groups in total. The van der Waals surface area contributed by atoms with Crippen molar-refractivity contribution in [1.82, 2.24) is 20.2 Å². The van der Waals surface area contributed by atoms with Crippen molar-refractivity contribution < 1.29 is 9.53 Å². The zero-order valence-electron chi connectivity index (χ0n) is 11.9. The Labute approximate surface area is 117 Å². The van der Waals surface area contributed by atoms with Crippen LogP contribution in [0.2, 0.25) is 0 Å². The smallest absolute Gasteiger partial charge is 0.174 e. The molecule has 2 rings (SSSR count). The number of hydrogen-bond donors (Lipinski definition) is 0. The normalized spacial score (nSPS) is 12.2. The number of tetrazole rings is 1. The monoisotopic (exact) mass is 274 g/mol. The van der Waals surface area contributed by atoms with Crippen LogP contribution >= 0.6 is 0 Å². The van der Waals surface area contributed by atoms with Crippen molar-refractivity contribution in [2.24, 2.45) is 7.05 Å². The van der Waals surface area contributed by atoms with Gasteiger partial charge < -0.3 is 4.74 Å². The molecule has 2 aromatic rings. The van der Waals surface area contributed by atoms with Crippen molar-refractivity contribution >= 4 is 6.29 Å². The van der Waals surface area contributed by atoms with E-state index in [-0.39, 0.29) is 0 Å². The summed E-state index contributed by atoms with van der Waals surface area (Å²) in [7, 11) is 1.71. The maximum atomic E-state index is 11.2. The van der Waals surface area contributed by atoms with Gasteiger partial charge in [0.25, 0.3) is 0 Å². The third-order valence-electron chi connectivity index (χ3n) is 3.03. The Morgan fingerprint density at radius 3 is 2.60 bits per heavy atom. The molecule has 0 aliphatic heterocycles. The van der Waals surface area contributed by atoms with Crippen molar-refractivity contribution in [1.29, 1.82) is 0 Å². The first kappa shape index (κ1) is 14.2. The number of aryl methyl sites for hydroxylation is 4. The molecular weight excluding hydrogens is 256 g/mol. The lowest BCUT2D eigenvalue weighted by Crippen LogP contribution is -2.20. The molecule has 1 aromatic carbocycles. The van der Waals surface area contributed by atoms with Crippen LogP contribution in [0.5, 0.6) is 5.75 Å². The molecule has 0 saturated heterocycles. The van der Waals surface area contributed by atoms with Gasteiger partial charge in [-0.25, -0.2) is 0 Å². The maximum Gasteiger partial charge on any atom is 0.174 e. The number of aldehydes is 1. The van der Waals surface area contributed by atoms with Crippen molar-refractivity contribution in [3.63, 3.8) is 0 Å². The molecule has 0 aliphatic carbocycles. The van der Waals surface area contributed by atoms with Gasteiger partial charge in [0.05, 0.1) is 7.05 Å². The molecule has 0 saturated carbocycles. The van der Waals surface area contributed by atoms with Crippen LogP contribution in [0.25, 0.3) is 0 Å². The molecule has 1 aromatic heterocycles. The van der Waals surface area contributed by atoms with E-state index in [1.807, 2.05) is 32.0 Å². The Kier molecular flexibility index (Phi) is 4.45. The lowest BCUT2D eigenvalue weighted by Gasteiger charge is -2.16. The number of nitrogens with zero attached hydrogens (tertiary/aromatic N) is 4. The van der Waals surface area contributed by atoms with E-state index < -0.39 is 6.10 Å². The maximum absolute atomic E-state index is 11.2. The standard InChI is InChI=1S/C14H18N4O2/c1-10-5-4-6-11(2)14(10)20-12(9-19)7-8-13-15-17-18(3)16-13/h4-6,9,12H,7-8H2,1-3H3. The van der Waals surface area contributed by atoms with Crippen LogP contribution in [0.3, 0.4) is 0 Å². The van der Waals surface area contributed by atoms with Gasteiger partial charge in [0.1, 0.15) is 5.75 Å². The second-order valence-corrected chi connectivity index (χ2v) is 4.75. The number of benzene rings is 1. The average molecular weight is 274 g/mol. The van der Waals surface area contributed by atoms with E-state index in [9.17, 15) is 4.79 Å². The van der Waals surface area contributed by atoms with Crippen molar-refractivity contribution in [3.05, 3.63) is 35.2 Å². The third-order valence-corrected chi connectivity index (χ3v) is 3.03. The Bertz CT molecular complexity index is 574. The topological polar surface area (TPSA) is 69.9 Å². The van der Waals surface area contributed by atoms with Gasteiger partial charge in [-0.15, -0.1) is 10.2 Å². The van der Waals surface area contributed by atoms with Crippen LogP contribution in [-0.2, 0) is 18.3 Å². The minimum atomic E-state index is -0.501. The van der Waals surface area contributed by atoms with E-state index in [1.54, 1.807) is 7.05 Å². The largest absolute Gasteiger partial charge is 0.482 e. The van der Waals surface area contributed by atoms with Gasteiger partial charge in [-0.3, -0.25) is 4.79 Å². The van der Waals surface area contributed by atoms with E-state index in [0.717, 1.165) is 23.2 Å². The predicted molar refractivity (Wildman–Crippen MR) is 73.5 cm³/mol. The number of ether oxygens (including phenoxy) is 1. The number of carbonyl (C=O) groups excluding carboxylic acids is 1. The van der Waals surface area contributed by atoms with Crippen LogP contribution in [0.1, 0.15) is 23.4 Å². The summed E-state index contributed by atoms with van der Waals surface area (Å²) in [5, 5.41) is 11.7. The van der Waals surface area contributed by atoms with Gasteiger partial charge in [-0.1, -0.05) is 18.2 Å². The van der Waals surface area contributed by atoms with E-state index in [1.165, 1.54) is 4.80 Å². The molecule has 0 bridgehead atoms. The molecule has 0 amide bonds. The number of rotatable bonds is 6. The number of para-hydroxylation sites is 1. The van der Waals surface area contributed by atoms with Gasteiger partial charge in [0.15, 0.2) is 18.2 Å². The van der Waals surface area contributed by atoms with Crippen molar-refractivity contribution in [2.45, 2.75) is 32.8 Å². The molecule has 20 heavy (non-hydrogen) atoms. The van der Waals surface area contributed by atoms with Crippen LogP contribution in [0.15, 0.2) is 18.2 Å². The van der Waals surface area contributed by atoms with Crippen LogP contribution in [-0.4, -0.2) is 32.6 Å². The highest BCUT2D eigenvalue weighted by Crippen LogP contribution is 2.24. The Balaban J connectivity index is 2.00. The van der Waals surface area contributed by atoms with E-state index in [0.29, 0.717) is 18.7 Å². The summed E-state index contributed by atoms with van der Waals surface area (Å²) in [6.07, 6.45) is 1.41. The van der Waals surface area contributed by atoms with Crippen LogP contribution in [0.4, 0.5) is 0 Å². The molecular formula is C14H18N4O2. The third kappa shape index (κ3) is 3.40. The van der Waals surface area contributed by atoms with Gasteiger partial charge in [-0.2, -0.15) is 4.80 Å². The summed E-state index contributed by atoms with van der Waals surface area (Å²) >= 11 is 0. The first-order valence-electron chi connectivity index (χ1n) is 6.51. The molecule has 0 spiro atoms. The molecule has 0 aliphatic rings. The average Bonchev–Trinajstić information content (AvgIpc) is 2.83. The molecule has 6 nitrogen and oxygen atoms in total. The van der Waals surface area contributed by atoms with E-state index in [2.05, 4.69) is 15.4 Å². The summed E-state index contributed by atoms with van der Waals surface area (Å²) in [5.41, 5.74) is 2.05. The fraction of sp³-hybridized carbons (Fsp3) is 0.429. The Hall–Kier alpha value is -2.24. The molecule has 1 heterocycles. The highest BCUT2D eigenvalue weighted by molar-refractivity contribution is 5.57. The predicted octanol–water partition coefficient (Wildman–Crippen LogP) is 1.41. The fourth-order valence-electron chi connectivity index (χ4n) is 1.99. The SMILES string of the molecule is Cc1cccc(C)c1OC(C=O)CCc1nnn(C)n1. The summed E-state index contributed by atoms with van der Waals surface area (Å²) < 4.78 is 5.80.